The molecule has 0 bridgehead atoms. The fourth-order valence-corrected chi connectivity index (χ4v) is 3.48. The Morgan fingerprint density at radius 1 is 1.35 bits per heavy atom. The highest BCUT2D eigenvalue weighted by molar-refractivity contribution is 5.74. The predicted octanol–water partition coefficient (Wildman–Crippen LogP) is 2.75. The lowest BCUT2D eigenvalue weighted by atomic mass is 9.83. The van der Waals surface area contributed by atoms with Crippen LogP contribution in [0.4, 0.5) is 0 Å². The summed E-state index contributed by atoms with van der Waals surface area (Å²) < 4.78 is 0. The second kappa shape index (κ2) is 4.97. The van der Waals surface area contributed by atoms with Gasteiger partial charge in [0.05, 0.1) is 5.41 Å². The lowest BCUT2D eigenvalue weighted by molar-refractivity contribution is -0.149. The van der Waals surface area contributed by atoms with Crippen molar-refractivity contribution in [2.75, 3.05) is 13.1 Å². The van der Waals surface area contributed by atoms with E-state index < -0.39 is 11.4 Å². The number of nitrogens with zero attached hydrogens (tertiary/aromatic N) is 1. The van der Waals surface area contributed by atoms with E-state index in [-0.39, 0.29) is 0 Å². The molecular weight excluding hydrogens is 214 g/mol. The van der Waals surface area contributed by atoms with Gasteiger partial charge in [0.2, 0.25) is 0 Å². The van der Waals surface area contributed by atoms with Gasteiger partial charge in [0.25, 0.3) is 0 Å². The van der Waals surface area contributed by atoms with Crippen LogP contribution in [0.25, 0.3) is 0 Å². The first kappa shape index (κ1) is 12.9. The van der Waals surface area contributed by atoms with Gasteiger partial charge in [0.15, 0.2) is 0 Å². The van der Waals surface area contributed by atoms with Crippen molar-refractivity contribution in [3.05, 3.63) is 0 Å². The molecule has 17 heavy (non-hydrogen) atoms. The van der Waals surface area contributed by atoms with E-state index >= 15 is 0 Å². The number of hydrogen-bond donors (Lipinski definition) is 1. The molecule has 2 aliphatic rings. The van der Waals surface area contributed by atoms with E-state index in [9.17, 15) is 9.90 Å². The van der Waals surface area contributed by atoms with Crippen molar-refractivity contribution in [1.82, 2.24) is 4.90 Å². The van der Waals surface area contributed by atoms with Crippen LogP contribution in [0.1, 0.15) is 52.4 Å². The van der Waals surface area contributed by atoms with Gasteiger partial charge in [-0.2, -0.15) is 0 Å². The Balaban J connectivity index is 2.01. The van der Waals surface area contributed by atoms with E-state index in [1.807, 2.05) is 13.8 Å². The topological polar surface area (TPSA) is 40.5 Å². The van der Waals surface area contributed by atoms with Crippen LogP contribution in [0.5, 0.6) is 0 Å². The van der Waals surface area contributed by atoms with Gasteiger partial charge in [-0.3, -0.25) is 9.69 Å². The summed E-state index contributed by atoms with van der Waals surface area (Å²) in [5.41, 5.74) is -0.563. The van der Waals surface area contributed by atoms with Crippen LogP contribution in [0.3, 0.4) is 0 Å². The van der Waals surface area contributed by atoms with Gasteiger partial charge >= 0.3 is 5.97 Å². The molecule has 1 aliphatic carbocycles. The first-order valence-corrected chi connectivity index (χ1v) is 7.04. The molecule has 0 aromatic rings. The molecule has 3 heteroatoms. The number of carbonyl (C=O) groups is 1. The van der Waals surface area contributed by atoms with Crippen LogP contribution < -0.4 is 0 Å². The summed E-state index contributed by atoms with van der Waals surface area (Å²) in [5, 5.41) is 9.36. The third kappa shape index (κ3) is 2.49. The summed E-state index contributed by atoms with van der Waals surface area (Å²) in [6.45, 7) is 5.73. The van der Waals surface area contributed by atoms with E-state index in [1.165, 1.54) is 32.1 Å². The Hall–Kier alpha value is -0.570. The summed E-state index contributed by atoms with van der Waals surface area (Å²) in [6, 6.07) is 0.675. The highest BCUT2D eigenvalue weighted by Gasteiger charge is 2.41. The molecule has 1 aliphatic heterocycles. The van der Waals surface area contributed by atoms with E-state index in [2.05, 4.69) is 4.90 Å². The van der Waals surface area contributed by atoms with Crippen molar-refractivity contribution in [2.45, 2.75) is 58.4 Å². The number of likely N-dealkylation sites (tertiary alicyclic amines) is 1. The fourth-order valence-electron chi connectivity index (χ4n) is 3.48. The molecule has 0 aromatic carbocycles. The molecule has 0 spiro atoms. The minimum Gasteiger partial charge on any atom is -0.481 e. The third-order valence-electron chi connectivity index (χ3n) is 4.97. The van der Waals surface area contributed by atoms with Crippen molar-refractivity contribution < 1.29 is 9.90 Å². The van der Waals surface area contributed by atoms with Crippen LogP contribution >= 0.6 is 0 Å². The Morgan fingerprint density at radius 3 is 2.71 bits per heavy atom. The summed E-state index contributed by atoms with van der Waals surface area (Å²) in [4.78, 5) is 13.8. The van der Waals surface area contributed by atoms with E-state index in [1.54, 1.807) is 0 Å². The largest absolute Gasteiger partial charge is 0.481 e. The Bertz CT molecular complexity index is 292. The summed E-state index contributed by atoms with van der Waals surface area (Å²) in [7, 11) is 0. The van der Waals surface area contributed by atoms with Gasteiger partial charge in [-0.25, -0.2) is 0 Å². The SMILES string of the molecule is CCC(C)(CN1CCC2CCCCC21)C(=O)O. The number of carboxylic acid groups (broad SMARTS) is 1. The van der Waals surface area contributed by atoms with Crippen LogP contribution in [-0.4, -0.2) is 35.1 Å². The molecule has 3 unspecified atom stereocenters. The van der Waals surface area contributed by atoms with Crippen molar-refractivity contribution >= 4 is 5.97 Å². The number of carboxylic acids is 1. The van der Waals surface area contributed by atoms with Gasteiger partial charge in [0.1, 0.15) is 0 Å². The zero-order valence-corrected chi connectivity index (χ0v) is 11.1. The Labute approximate surface area is 104 Å². The molecule has 0 radical (unpaired) electrons. The molecule has 2 rings (SSSR count). The Kier molecular flexibility index (Phi) is 3.76. The van der Waals surface area contributed by atoms with Gasteiger partial charge in [-0.15, -0.1) is 0 Å². The first-order chi connectivity index (χ1) is 8.07. The van der Waals surface area contributed by atoms with Crippen molar-refractivity contribution in [3.63, 3.8) is 0 Å². The van der Waals surface area contributed by atoms with E-state index in [0.717, 1.165) is 25.4 Å². The van der Waals surface area contributed by atoms with Gasteiger partial charge < -0.3 is 5.11 Å². The predicted molar refractivity (Wildman–Crippen MR) is 68.0 cm³/mol. The molecule has 0 aromatic heterocycles. The first-order valence-electron chi connectivity index (χ1n) is 7.04. The maximum Gasteiger partial charge on any atom is 0.310 e. The van der Waals surface area contributed by atoms with Gasteiger partial charge in [-0.05, 0) is 45.1 Å². The highest BCUT2D eigenvalue weighted by atomic mass is 16.4. The van der Waals surface area contributed by atoms with E-state index in [4.69, 9.17) is 0 Å². The molecule has 1 saturated heterocycles. The second-order valence-corrected chi connectivity index (χ2v) is 6.09. The lowest BCUT2D eigenvalue weighted by Gasteiger charge is -2.36. The molecule has 3 atom stereocenters. The van der Waals surface area contributed by atoms with Gasteiger partial charge in [-0.1, -0.05) is 19.8 Å². The molecule has 0 amide bonds. The standard InChI is InChI=1S/C14H25NO2/c1-3-14(2,13(16)17)10-15-9-8-11-6-4-5-7-12(11)15/h11-12H,3-10H2,1-2H3,(H,16,17). The lowest BCUT2D eigenvalue weighted by Crippen LogP contribution is -2.44. The van der Waals surface area contributed by atoms with Crippen molar-refractivity contribution in [2.24, 2.45) is 11.3 Å². The molecule has 1 saturated carbocycles. The van der Waals surface area contributed by atoms with Crippen LogP contribution in [-0.2, 0) is 4.79 Å². The molecular formula is C14H25NO2. The normalized spacial score (nSPS) is 33.1. The minimum absolute atomic E-state index is 0.563. The molecule has 1 heterocycles. The minimum atomic E-state index is -0.640. The van der Waals surface area contributed by atoms with Crippen molar-refractivity contribution in [3.8, 4) is 0 Å². The van der Waals surface area contributed by atoms with E-state index in [0.29, 0.717) is 6.04 Å². The fraction of sp³-hybridized carbons (Fsp3) is 0.929. The van der Waals surface area contributed by atoms with Crippen LogP contribution in [0.2, 0.25) is 0 Å². The average molecular weight is 239 g/mol. The average Bonchev–Trinajstić information content (AvgIpc) is 2.72. The number of fused-ring (bicyclic) bond motifs is 1. The monoisotopic (exact) mass is 239 g/mol. The maximum atomic E-state index is 11.4. The summed E-state index contributed by atoms with van der Waals surface area (Å²) in [6.07, 6.45) is 7.34. The third-order valence-corrected chi connectivity index (χ3v) is 4.97. The smallest absolute Gasteiger partial charge is 0.310 e. The zero-order chi connectivity index (χ0) is 12.5. The van der Waals surface area contributed by atoms with Crippen molar-refractivity contribution in [1.29, 1.82) is 0 Å². The number of rotatable bonds is 4. The highest BCUT2D eigenvalue weighted by Crippen LogP contribution is 2.38. The summed E-state index contributed by atoms with van der Waals surface area (Å²) in [5.74, 6) is 0.206. The number of hydrogen-bond acceptors (Lipinski definition) is 2. The molecule has 2 fully saturated rings. The molecule has 98 valence electrons. The molecule has 3 nitrogen and oxygen atoms in total. The Morgan fingerprint density at radius 2 is 2.06 bits per heavy atom. The van der Waals surface area contributed by atoms with Gasteiger partial charge in [0, 0.05) is 12.6 Å². The summed E-state index contributed by atoms with van der Waals surface area (Å²) >= 11 is 0. The maximum absolute atomic E-state index is 11.4. The van der Waals surface area contributed by atoms with Crippen LogP contribution in [0, 0.1) is 11.3 Å². The van der Waals surface area contributed by atoms with Crippen LogP contribution in [0.15, 0.2) is 0 Å². The number of aliphatic carboxylic acids is 1. The zero-order valence-electron chi connectivity index (χ0n) is 11.1. The molecule has 1 N–H and O–H groups in total. The quantitative estimate of drug-likeness (QED) is 0.820. The second-order valence-electron chi connectivity index (χ2n) is 6.09.